The van der Waals surface area contributed by atoms with Crippen molar-refractivity contribution in [1.82, 2.24) is 0 Å². The summed E-state index contributed by atoms with van der Waals surface area (Å²) in [7, 11) is 1.18. The number of methoxy groups -OCH3 is 1. The van der Waals surface area contributed by atoms with Crippen LogP contribution in [0.3, 0.4) is 0 Å². The minimum Gasteiger partial charge on any atom is -0.510 e. The number of hydrogen-bond donors (Lipinski definition) is 1. The van der Waals surface area contributed by atoms with E-state index in [-0.39, 0.29) is 28.7 Å². The van der Waals surface area contributed by atoms with Gasteiger partial charge in [0.05, 0.1) is 19.5 Å². The maximum absolute atomic E-state index is 11.4. The molecule has 0 saturated carbocycles. The Morgan fingerprint density at radius 1 is 1.56 bits per heavy atom. The number of aliphatic imine (C=N–C) groups is 1. The highest BCUT2D eigenvalue weighted by atomic mass is 32.2. The summed E-state index contributed by atoms with van der Waals surface area (Å²) in [5, 5.41) is 9.59. The fourth-order valence-electron chi connectivity index (χ4n) is 1.03. The number of nitrogens with zero attached hydrogens (tertiary/aromatic N) is 1. The molecule has 88 valence electrons. The molecule has 1 aliphatic rings. The molecule has 0 saturated heterocycles. The lowest BCUT2D eigenvalue weighted by Gasteiger charge is -2.03. The number of hydrogen-bond acceptors (Lipinski definition) is 6. The summed E-state index contributed by atoms with van der Waals surface area (Å²) >= 11 is 1.08. The minimum atomic E-state index is -0.820. The average Bonchev–Trinajstić information content (AvgIpc) is 2.60. The van der Waals surface area contributed by atoms with Gasteiger partial charge in [-0.25, -0.2) is 9.59 Å². The Morgan fingerprint density at radius 3 is 2.81 bits per heavy atom. The lowest BCUT2D eigenvalue weighted by Crippen LogP contribution is -2.14. The van der Waals surface area contributed by atoms with Crippen LogP contribution >= 0.6 is 11.8 Å². The maximum atomic E-state index is 11.4. The molecule has 1 N–H and O–H groups in total. The molecule has 1 heterocycles. The lowest BCUT2D eigenvalue weighted by atomic mass is 10.2. The van der Waals surface area contributed by atoms with Crippen molar-refractivity contribution >= 4 is 28.9 Å². The zero-order valence-corrected chi connectivity index (χ0v) is 9.67. The second-order valence-electron chi connectivity index (χ2n) is 2.72. The van der Waals surface area contributed by atoms with Crippen LogP contribution in [0, 0.1) is 0 Å². The number of esters is 1. The fraction of sp³-hybridized carbons (Fsp3) is 0.444. The SMILES string of the molecule is CCOC(=O)C1=C(O)CS/C1=N\C(=O)OC. The first-order chi connectivity index (χ1) is 7.60. The summed E-state index contributed by atoms with van der Waals surface area (Å²) in [6, 6.07) is 0. The Hall–Kier alpha value is -1.50. The van der Waals surface area contributed by atoms with Crippen LogP contribution in [0.5, 0.6) is 0 Å². The normalized spacial score (nSPS) is 17.8. The Morgan fingerprint density at radius 2 is 2.25 bits per heavy atom. The highest BCUT2D eigenvalue weighted by Gasteiger charge is 2.29. The highest BCUT2D eigenvalue weighted by Crippen LogP contribution is 2.27. The van der Waals surface area contributed by atoms with Gasteiger partial charge in [0.25, 0.3) is 0 Å². The van der Waals surface area contributed by atoms with Crippen LogP contribution < -0.4 is 0 Å². The largest absolute Gasteiger partial charge is 0.510 e. The van der Waals surface area contributed by atoms with E-state index in [9.17, 15) is 14.7 Å². The Labute approximate surface area is 96.3 Å². The van der Waals surface area contributed by atoms with Gasteiger partial charge in [0.15, 0.2) is 0 Å². The number of amides is 1. The van der Waals surface area contributed by atoms with E-state index >= 15 is 0 Å². The number of ether oxygens (including phenoxy) is 2. The number of aliphatic hydroxyl groups excluding tert-OH is 1. The number of rotatable bonds is 2. The van der Waals surface area contributed by atoms with Gasteiger partial charge < -0.3 is 14.6 Å². The van der Waals surface area contributed by atoms with Crippen LogP contribution in [0.2, 0.25) is 0 Å². The summed E-state index contributed by atoms with van der Waals surface area (Å²) in [6.45, 7) is 1.83. The second-order valence-corrected chi connectivity index (χ2v) is 3.68. The first-order valence-electron chi connectivity index (χ1n) is 4.49. The smallest absolute Gasteiger partial charge is 0.434 e. The van der Waals surface area contributed by atoms with E-state index in [1.165, 1.54) is 7.11 Å². The molecule has 0 aromatic rings. The quantitative estimate of drug-likeness (QED) is 0.737. The van der Waals surface area contributed by atoms with E-state index in [2.05, 4.69) is 9.73 Å². The van der Waals surface area contributed by atoms with Crippen molar-refractivity contribution in [1.29, 1.82) is 0 Å². The van der Waals surface area contributed by atoms with E-state index in [0.717, 1.165) is 11.8 Å². The predicted molar refractivity (Wildman–Crippen MR) is 58.6 cm³/mol. The monoisotopic (exact) mass is 245 g/mol. The van der Waals surface area contributed by atoms with Crippen LogP contribution in [0.15, 0.2) is 16.3 Å². The lowest BCUT2D eigenvalue weighted by molar-refractivity contribution is -0.138. The Bertz CT molecular complexity index is 374. The van der Waals surface area contributed by atoms with Gasteiger partial charge in [0.2, 0.25) is 0 Å². The molecule has 16 heavy (non-hydrogen) atoms. The zero-order valence-electron chi connectivity index (χ0n) is 8.85. The fourth-order valence-corrected chi connectivity index (χ4v) is 1.93. The van der Waals surface area contributed by atoms with Crippen molar-refractivity contribution < 1.29 is 24.2 Å². The van der Waals surface area contributed by atoms with Crippen molar-refractivity contribution in [2.75, 3.05) is 19.5 Å². The predicted octanol–water partition coefficient (Wildman–Crippen LogP) is 1.27. The molecule has 0 aromatic carbocycles. The average molecular weight is 245 g/mol. The van der Waals surface area contributed by atoms with E-state index in [4.69, 9.17) is 4.74 Å². The standard InChI is InChI=1S/C9H11NO5S/c1-3-15-8(12)6-5(11)4-16-7(6)10-9(13)14-2/h11H,3-4H2,1-2H3/b10-7-. The van der Waals surface area contributed by atoms with E-state index in [0.29, 0.717) is 0 Å². The van der Waals surface area contributed by atoms with Gasteiger partial charge in [-0.1, -0.05) is 11.8 Å². The molecule has 1 amide bonds. The molecule has 0 spiro atoms. The molecule has 0 atom stereocenters. The summed E-state index contributed by atoms with van der Waals surface area (Å²) < 4.78 is 9.08. The number of thioether (sulfide) groups is 1. The number of carbonyl (C=O) groups is 2. The van der Waals surface area contributed by atoms with Crippen LogP contribution in [-0.2, 0) is 14.3 Å². The Balaban J connectivity index is 2.93. The van der Waals surface area contributed by atoms with E-state index in [1.807, 2.05) is 0 Å². The minimum absolute atomic E-state index is 0.0581. The van der Waals surface area contributed by atoms with Gasteiger partial charge in [-0.15, -0.1) is 0 Å². The first-order valence-corrected chi connectivity index (χ1v) is 5.47. The van der Waals surface area contributed by atoms with Gasteiger partial charge >= 0.3 is 12.1 Å². The summed E-state index contributed by atoms with van der Waals surface area (Å²) in [6.07, 6.45) is -0.820. The van der Waals surface area contributed by atoms with Gasteiger partial charge in [-0.2, -0.15) is 4.99 Å². The molecule has 7 heteroatoms. The molecule has 0 radical (unpaired) electrons. The third kappa shape index (κ3) is 2.75. The molecular weight excluding hydrogens is 234 g/mol. The van der Waals surface area contributed by atoms with E-state index in [1.54, 1.807) is 6.92 Å². The van der Waals surface area contributed by atoms with Crippen molar-refractivity contribution in [3.63, 3.8) is 0 Å². The molecule has 0 aliphatic carbocycles. The van der Waals surface area contributed by atoms with Crippen molar-refractivity contribution in [2.24, 2.45) is 4.99 Å². The van der Waals surface area contributed by atoms with Crippen LogP contribution in [0.4, 0.5) is 4.79 Å². The van der Waals surface area contributed by atoms with Crippen LogP contribution in [0.25, 0.3) is 0 Å². The molecular formula is C9H11NO5S. The molecule has 0 bridgehead atoms. The molecule has 0 fully saturated rings. The van der Waals surface area contributed by atoms with Gasteiger partial charge in [0.1, 0.15) is 16.4 Å². The molecule has 1 rings (SSSR count). The summed E-state index contributed by atoms with van der Waals surface area (Å²) in [5.41, 5.74) is -0.0581. The van der Waals surface area contributed by atoms with Gasteiger partial charge in [-0.3, -0.25) is 0 Å². The third-order valence-corrected chi connectivity index (χ3v) is 2.68. The molecule has 0 aromatic heterocycles. The number of carbonyl (C=O) groups excluding carboxylic acids is 2. The summed E-state index contributed by atoms with van der Waals surface area (Å²) in [5.74, 6) is -0.622. The molecule has 1 aliphatic heterocycles. The van der Waals surface area contributed by atoms with E-state index < -0.39 is 12.1 Å². The van der Waals surface area contributed by atoms with Gasteiger partial charge in [-0.05, 0) is 6.92 Å². The highest BCUT2D eigenvalue weighted by molar-refractivity contribution is 8.15. The number of aliphatic hydroxyl groups is 1. The van der Waals surface area contributed by atoms with Crippen molar-refractivity contribution in [2.45, 2.75) is 6.92 Å². The van der Waals surface area contributed by atoms with Crippen molar-refractivity contribution in [3.05, 3.63) is 11.3 Å². The van der Waals surface area contributed by atoms with Crippen LogP contribution in [-0.4, -0.2) is 41.7 Å². The molecule has 0 unspecified atom stereocenters. The summed E-state index contributed by atoms with van der Waals surface area (Å²) in [4.78, 5) is 25.9. The maximum Gasteiger partial charge on any atom is 0.434 e. The Kier molecular flexibility index (Phi) is 4.36. The van der Waals surface area contributed by atoms with Gasteiger partial charge in [0, 0.05) is 0 Å². The van der Waals surface area contributed by atoms with Crippen LogP contribution in [0.1, 0.15) is 6.92 Å². The molecule has 6 nitrogen and oxygen atoms in total. The van der Waals surface area contributed by atoms with Crippen molar-refractivity contribution in [3.8, 4) is 0 Å². The zero-order chi connectivity index (χ0) is 12.1. The third-order valence-electron chi connectivity index (χ3n) is 1.70. The topological polar surface area (TPSA) is 85.2 Å². The first kappa shape index (κ1) is 12.6. The second kappa shape index (κ2) is 5.55.